The van der Waals surface area contributed by atoms with Crippen molar-refractivity contribution in [2.24, 2.45) is 0 Å². The first-order valence-corrected chi connectivity index (χ1v) is 6.99. The minimum Gasteiger partial charge on any atom is -0.508 e. The van der Waals surface area contributed by atoms with Gasteiger partial charge in [-0.3, -0.25) is 9.59 Å². The second-order valence-corrected chi connectivity index (χ2v) is 5.44. The van der Waals surface area contributed by atoms with Crippen molar-refractivity contribution in [2.45, 2.75) is 6.92 Å². The number of aromatic hydroxyl groups is 1. The molecule has 2 aromatic rings. The molecule has 2 aromatic carbocycles. The van der Waals surface area contributed by atoms with Crippen LogP contribution >= 0.6 is 23.2 Å². The van der Waals surface area contributed by atoms with Gasteiger partial charge in [0.1, 0.15) is 5.75 Å². The first-order chi connectivity index (χ1) is 10.3. The van der Waals surface area contributed by atoms with E-state index in [-0.39, 0.29) is 5.75 Å². The molecular weight excluding hydrogens is 327 g/mol. The maximum Gasteiger partial charge on any atom is 0.314 e. The molecule has 0 saturated heterocycles. The van der Waals surface area contributed by atoms with E-state index in [1.807, 2.05) is 0 Å². The Hall–Kier alpha value is -2.24. The van der Waals surface area contributed by atoms with Crippen LogP contribution in [-0.2, 0) is 9.59 Å². The molecule has 2 amide bonds. The largest absolute Gasteiger partial charge is 0.508 e. The molecule has 114 valence electrons. The Morgan fingerprint density at radius 3 is 2.14 bits per heavy atom. The van der Waals surface area contributed by atoms with E-state index in [0.717, 1.165) is 0 Å². The van der Waals surface area contributed by atoms with Crippen molar-refractivity contribution in [3.8, 4) is 5.75 Å². The smallest absolute Gasteiger partial charge is 0.314 e. The average Bonchev–Trinajstić information content (AvgIpc) is 2.40. The monoisotopic (exact) mass is 338 g/mol. The molecule has 2 rings (SSSR count). The average molecular weight is 339 g/mol. The number of benzene rings is 2. The van der Waals surface area contributed by atoms with Crippen LogP contribution in [0, 0.1) is 6.92 Å². The van der Waals surface area contributed by atoms with Crippen molar-refractivity contribution in [2.75, 3.05) is 10.6 Å². The topological polar surface area (TPSA) is 78.4 Å². The lowest BCUT2D eigenvalue weighted by atomic mass is 10.2. The fourth-order valence-corrected chi connectivity index (χ4v) is 2.31. The maximum absolute atomic E-state index is 11.9. The van der Waals surface area contributed by atoms with Gasteiger partial charge < -0.3 is 15.7 Å². The van der Waals surface area contributed by atoms with Gasteiger partial charge in [-0.25, -0.2) is 0 Å². The first-order valence-electron chi connectivity index (χ1n) is 6.23. The zero-order valence-corrected chi connectivity index (χ0v) is 13.0. The highest BCUT2D eigenvalue weighted by atomic mass is 35.5. The first kappa shape index (κ1) is 16.1. The maximum atomic E-state index is 11.9. The Kier molecular flexibility index (Phi) is 4.90. The van der Waals surface area contributed by atoms with E-state index in [1.165, 1.54) is 36.4 Å². The van der Waals surface area contributed by atoms with Crippen LogP contribution in [0.5, 0.6) is 5.75 Å². The van der Waals surface area contributed by atoms with Crippen LogP contribution in [0.25, 0.3) is 0 Å². The molecule has 5 nitrogen and oxygen atoms in total. The second-order valence-electron chi connectivity index (χ2n) is 4.57. The standard InChI is InChI=1S/C15H12Cl2N2O3/c1-8-4-12(20)2-3-13(8)19-15(22)14(21)18-11-6-9(16)5-10(17)7-11/h2-7,20H,1H3,(H,18,21)(H,19,22). The Morgan fingerprint density at radius 1 is 0.955 bits per heavy atom. The number of halogens is 2. The van der Waals surface area contributed by atoms with E-state index in [4.69, 9.17) is 23.2 Å². The summed E-state index contributed by atoms with van der Waals surface area (Å²) in [6, 6.07) is 8.86. The molecule has 0 radical (unpaired) electrons. The lowest BCUT2D eigenvalue weighted by molar-refractivity contribution is -0.133. The number of hydrogen-bond acceptors (Lipinski definition) is 3. The normalized spacial score (nSPS) is 10.1. The fraction of sp³-hybridized carbons (Fsp3) is 0.0667. The zero-order chi connectivity index (χ0) is 16.3. The molecule has 0 aliphatic rings. The predicted molar refractivity (Wildman–Crippen MR) is 86.6 cm³/mol. The molecular formula is C15H12Cl2N2O3. The van der Waals surface area contributed by atoms with Gasteiger partial charge >= 0.3 is 11.8 Å². The Bertz CT molecular complexity index is 727. The lowest BCUT2D eigenvalue weighted by Crippen LogP contribution is -2.29. The third kappa shape index (κ3) is 4.13. The molecule has 0 unspecified atom stereocenters. The van der Waals surface area contributed by atoms with Crippen LogP contribution in [0.2, 0.25) is 10.0 Å². The number of anilines is 2. The van der Waals surface area contributed by atoms with Gasteiger partial charge in [-0.15, -0.1) is 0 Å². The molecule has 7 heteroatoms. The van der Waals surface area contributed by atoms with E-state index >= 15 is 0 Å². The third-order valence-electron chi connectivity index (χ3n) is 2.78. The number of hydrogen-bond donors (Lipinski definition) is 3. The molecule has 22 heavy (non-hydrogen) atoms. The van der Waals surface area contributed by atoms with Gasteiger partial charge in [-0.2, -0.15) is 0 Å². The van der Waals surface area contributed by atoms with Crippen molar-refractivity contribution >= 4 is 46.4 Å². The van der Waals surface area contributed by atoms with Crippen molar-refractivity contribution in [1.29, 1.82) is 0 Å². The third-order valence-corrected chi connectivity index (χ3v) is 3.22. The second kappa shape index (κ2) is 6.68. The molecule has 0 aliphatic carbocycles. The van der Waals surface area contributed by atoms with Gasteiger partial charge in [-0.05, 0) is 48.9 Å². The number of amides is 2. The van der Waals surface area contributed by atoms with Crippen LogP contribution in [0.15, 0.2) is 36.4 Å². The van der Waals surface area contributed by atoms with E-state index < -0.39 is 11.8 Å². The highest BCUT2D eigenvalue weighted by Crippen LogP contribution is 2.23. The predicted octanol–water partition coefficient (Wildman–Crippen LogP) is 3.58. The number of carbonyl (C=O) groups is 2. The summed E-state index contributed by atoms with van der Waals surface area (Å²) in [6.07, 6.45) is 0. The van der Waals surface area contributed by atoms with Crippen molar-refractivity contribution in [1.82, 2.24) is 0 Å². The number of phenols is 1. The summed E-state index contributed by atoms with van der Waals surface area (Å²) < 4.78 is 0. The zero-order valence-electron chi connectivity index (χ0n) is 11.5. The Balaban J connectivity index is 2.07. The lowest BCUT2D eigenvalue weighted by Gasteiger charge is -2.09. The minimum atomic E-state index is -0.856. The van der Waals surface area contributed by atoms with Crippen molar-refractivity contribution < 1.29 is 14.7 Å². The molecule has 0 saturated carbocycles. The number of rotatable bonds is 2. The highest BCUT2D eigenvalue weighted by Gasteiger charge is 2.15. The quantitative estimate of drug-likeness (QED) is 0.578. The van der Waals surface area contributed by atoms with Gasteiger partial charge in [0.25, 0.3) is 0 Å². The summed E-state index contributed by atoms with van der Waals surface area (Å²) in [5.41, 5.74) is 1.38. The summed E-state index contributed by atoms with van der Waals surface area (Å²) in [7, 11) is 0. The van der Waals surface area contributed by atoms with E-state index in [0.29, 0.717) is 27.0 Å². The molecule has 0 fully saturated rings. The summed E-state index contributed by atoms with van der Waals surface area (Å²) >= 11 is 11.6. The van der Waals surface area contributed by atoms with Gasteiger partial charge in [0, 0.05) is 21.4 Å². The summed E-state index contributed by atoms with van der Waals surface area (Å²) in [5, 5.41) is 14.9. The van der Waals surface area contributed by atoms with Crippen LogP contribution in [0.4, 0.5) is 11.4 Å². The molecule has 0 bridgehead atoms. The molecule has 0 spiro atoms. The Labute approximate surface area is 136 Å². The SMILES string of the molecule is Cc1cc(O)ccc1NC(=O)C(=O)Nc1cc(Cl)cc(Cl)c1. The van der Waals surface area contributed by atoms with Gasteiger partial charge in [0.15, 0.2) is 0 Å². The van der Waals surface area contributed by atoms with Crippen LogP contribution in [-0.4, -0.2) is 16.9 Å². The van der Waals surface area contributed by atoms with E-state index in [9.17, 15) is 14.7 Å². The summed E-state index contributed by atoms with van der Waals surface area (Å²) in [4.78, 5) is 23.7. The number of aryl methyl sites for hydroxylation is 1. The summed E-state index contributed by atoms with van der Waals surface area (Å²) in [6.45, 7) is 1.70. The number of carbonyl (C=O) groups excluding carboxylic acids is 2. The molecule has 0 heterocycles. The van der Waals surface area contributed by atoms with Gasteiger partial charge in [-0.1, -0.05) is 23.2 Å². The summed E-state index contributed by atoms with van der Waals surface area (Å²) in [5.74, 6) is -1.62. The Morgan fingerprint density at radius 2 is 1.55 bits per heavy atom. The van der Waals surface area contributed by atoms with Gasteiger partial charge in [0.05, 0.1) is 0 Å². The van der Waals surface area contributed by atoms with Gasteiger partial charge in [0.2, 0.25) is 0 Å². The minimum absolute atomic E-state index is 0.0773. The molecule has 3 N–H and O–H groups in total. The van der Waals surface area contributed by atoms with Crippen LogP contribution in [0.3, 0.4) is 0 Å². The number of phenolic OH excluding ortho intramolecular Hbond substituents is 1. The van der Waals surface area contributed by atoms with Crippen LogP contribution < -0.4 is 10.6 Å². The molecule has 0 aliphatic heterocycles. The molecule has 0 atom stereocenters. The number of nitrogens with one attached hydrogen (secondary N) is 2. The van der Waals surface area contributed by atoms with E-state index in [2.05, 4.69) is 10.6 Å². The van der Waals surface area contributed by atoms with E-state index in [1.54, 1.807) is 6.92 Å². The van der Waals surface area contributed by atoms with Crippen molar-refractivity contribution in [3.63, 3.8) is 0 Å². The highest BCUT2D eigenvalue weighted by molar-refractivity contribution is 6.44. The van der Waals surface area contributed by atoms with Crippen LogP contribution in [0.1, 0.15) is 5.56 Å². The molecule has 0 aromatic heterocycles. The van der Waals surface area contributed by atoms with Crippen molar-refractivity contribution in [3.05, 3.63) is 52.0 Å². The fourth-order valence-electron chi connectivity index (χ4n) is 1.78.